The third-order valence-electron chi connectivity index (χ3n) is 1.88. The van der Waals surface area contributed by atoms with Crippen molar-refractivity contribution in [3.63, 3.8) is 0 Å². The van der Waals surface area contributed by atoms with Crippen LogP contribution in [0.5, 0.6) is 0 Å². The Hall–Kier alpha value is -2.04. The highest BCUT2D eigenvalue weighted by Gasteiger charge is 2.14. The Kier molecular flexibility index (Phi) is 4.71. The number of aromatic amines is 1. The van der Waals surface area contributed by atoms with Crippen molar-refractivity contribution in [1.29, 1.82) is 0 Å². The van der Waals surface area contributed by atoms with E-state index in [0.29, 0.717) is 6.54 Å². The number of aromatic nitrogens is 1. The third-order valence-corrected chi connectivity index (χ3v) is 1.88. The lowest BCUT2D eigenvalue weighted by atomic mass is 10.2. The summed E-state index contributed by atoms with van der Waals surface area (Å²) in [5.41, 5.74) is 0.229. The Bertz CT molecular complexity index is 463. The summed E-state index contributed by atoms with van der Waals surface area (Å²) in [6, 6.07) is 3.14. The second kappa shape index (κ2) is 6.05. The molecule has 5 heteroatoms. The lowest BCUT2D eigenvalue weighted by Gasteiger charge is -2.19. The molecule has 0 aliphatic carbocycles. The van der Waals surface area contributed by atoms with E-state index in [1.165, 1.54) is 6.07 Å². The molecule has 5 nitrogen and oxygen atoms in total. The average molecular weight is 250 g/mol. The fraction of sp³-hybridized carbons (Fsp3) is 0.385. The molecule has 0 unspecified atom stereocenters. The van der Waals surface area contributed by atoms with Crippen molar-refractivity contribution in [3.8, 4) is 0 Å². The smallest absolute Gasteiger partial charge is 0.407 e. The predicted molar refractivity (Wildman–Crippen MR) is 70.3 cm³/mol. The Labute approximate surface area is 106 Å². The molecule has 0 aliphatic rings. The summed E-state index contributed by atoms with van der Waals surface area (Å²) in [6.45, 7) is 5.79. The summed E-state index contributed by atoms with van der Waals surface area (Å²) in [6.07, 6.45) is 4.73. The number of hydrogen-bond acceptors (Lipinski definition) is 3. The summed E-state index contributed by atoms with van der Waals surface area (Å²) < 4.78 is 5.07. The van der Waals surface area contributed by atoms with Crippen LogP contribution in [0.15, 0.2) is 29.2 Å². The Morgan fingerprint density at radius 3 is 2.72 bits per heavy atom. The van der Waals surface area contributed by atoms with Gasteiger partial charge in [0.2, 0.25) is 5.56 Å². The lowest BCUT2D eigenvalue weighted by molar-refractivity contribution is 0.0534. The SMILES string of the molecule is CC(C)(C)OC(=O)NCC=Cc1ccc(=O)[nH]c1. The highest BCUT2D eigenvalue weighted by Crippen LogP contribution is 2.06. The molecule has 0 bridgehead atoms. The van der Waals surface area contributed by atoms with Gasteiger partial charge in [-0.2, -0.15) is 0 Å². The number of H-pyrrole nitrogens is 1. The van der Waals surface area contributed by atoms with Crippen molar-refractivity contribution in [3.05, 3.63) is 40.3 Å². The van der Waals surface area contributed by atoms with Crippen LogP contribution < -0.4 is 10.9 Å². The van der Waals surface area contributed by atoms with E-state index in [9.17, 15) is 9.59 Å². The van der Waals surface area contributed by atoms with Crippen molar-refractivity contribution in [1.82, 2.24) is 10.3 Å². The fourth-order valence-electron chi connectivity index (χ4n) is 1.18. The first-order valence-electron chi connectivity index (χ1n) is 5.69. The number of alkyl carbamates (subject to hydrolysis) is 1. The molecule has 0 aromatic carbocycles. The van der Waals surface area contributed by atoms with E-state index in [4.69, 9.17) is 4.74 Å². The van der Waals surface area contributed by atoms with E-state index in [-0.39, 0.29) is 5.56 Å². The van der Waals surface area contributed by atoms with E-state index in [1.54, 1.807) is 24.4 Å². The minimum Gasteiger partial charge on any atom is -0.444 e. The van der Waals surface area contributed by atoms with E-state index < -0.39 is 11.7 Å². The van der Waals surface area contributed by atoms with Crippen LogP contribution in [-0.2, 0) is 4.74 Å². The van der Waals surface area contributed by atoms with Gasteiger partial charge in [0.15, 0.2) is 0 Å². The van der Waals surface area contributed by atoms with Gasteiger partial charge in [0.05, 0.1) is 0 Å². The molecule has 1 amide bonds. The molecular weight excluding hydrogens is 232 g/mol. The van der Waals surface area contributed by atoms with Gasteiger partial charge in [0.1, 0.15) is 5.60 Å². The van der Waals surface area contributed by atoms with Crippen LogP contribution in [0, 0.1) is 0 Å². The summed E-state index contributed by atoms with van der Waals surface area (Å²) in [4.78, 5) is 24.7. The molecule has 1 aromatic heterocycles. The van der Waals surface area contributed by atoms with E-state index in [0.717, 1.165) is 5.56 Å². The number of amides is 1. The zero-order valence-electron chi connectivity index (χ0n) is 10.8. The van der Waals surface area contributed by atoms with Crippen molar-refractivity contribution < 1.29 is 9.53 Å². The van der Waals surface area contributed by atoms with Crippen molar-refractivity contribution in [2.24, 2.45) is 0 Å². The van der Waals surface area contributed by atoms with Gasteiger partial charge in [-0.3, -0.25) is 4.79 Å². The predicted octanol–water partition coefficient (Wildman–Crippen LogP) is 1.91. The van der Waals surface area contributed by atoms with Crippen LogP contribution >= 0.6 is 0 Å². The van der Waals surface area contributed by atoms with Crippen molar-refractivity contribution in [2.75, 3.05) is 6.54 Å². The molecule has 2 N–H and O–H groups in total. The van der Waals surface area contributed by atoms with Crippen LogP contribution in [0.1, 0.15) is 26.3 Å². The molecule has 0 spiro atoms. The monoisotopic (exact) mass is 250 g/mol. The second-order valence-corrected chi connectivity index (χ2v) is 4.77. The van der Waals surface area contributed by atoms with Gasteiger partial charge in [0.25, 0.3) is 0 Å². The molecular formula is C13H18N2O3. The largest absolute Gasteiger partial charge is 0.444 e. The summed E-state index contributed by atoms with van der Waals surface area (Å²) >= 11 is 0. The molecule has 98 valence electrons. The number of pyridine rings is 1. The van der Waals surface area contributed by atoms with Crippen molar-refractivity contribution in [2.45, 2.75) is 26.4 Å². The van der Waals surface area contributed by atoms with Crippen LogP contribution in [0.4, 0.5) is 4.79 Å². The topological polar surface area (TPSA) is 71.2 Å². The van der Waals surface area contributed by atoms with Crippen LogP contribution in [0.25, 0.3) is 6.08 Å². The van der Waals surface area contributed by atoms with Gasteiger partial charge in [-0.25, -0.2) is 4.79 Å². The maximum absolute atomic E-state index is 11.3. The molecule has 0 radical (unpaired) electrons. The van der Waals surface area contributed by atoms with Gasteiger partial charge in [0, 0.05) is 18.8 Å². The van der Waals surface area contributed by atoms with Crippen molar-refractivity contribution >= 4 is 12.2 Å². The van der Waals surface area contributed by atoms with Crippen LogP contribution in [-0.4, -0.2) is 23.2 Å². The first-order chi connectivity index (χ1) is 8.37. The van der Waals surface area contributed by atoms with E-state index in [1.807, 2.05) is 20.8 Å². The summed E-state index contributed by atoms with van der Waals surface area (Å²) in [7, 11) is 0. The maximum Gasteiger partial charge on any atom is 0.407 e. The van der Waals surface area contributed by atoms with E-state index in [2.05, 4.69) is 10.3 Å². The first-order valence-corrected chi connectivity index (χ1v) is 5.69. The zero-order chi connectivity index (χ0) is 13.6. The minimum absolute atomic E-state index is 0.140. The summed E-state index contributed by atoms with van der Waals surface area (Å²) in [5, 5.41) is 2.60. The quantitative estimate of drug-likeness (QED) is 0.860. The summed E-state index contributed by atoms with van der Waals surface area (Å²) in [5.74, 6) is 0. The Balaban J connectivity index is 2.35. The Morgan fingerprint density at radius 2 is 2.17 bits per heavy atom. The second-order valence-electron chi connectivity index (χ2n) is 4.77. The molecule has 0 atom stereocenters. The normalized spacial score (nSPS) is 11.5. The van der Waals surface area contributed by atoms with Gasteiger partial charge in [-0.1, -0.05) is 12.2 Å². The van der Waals surface area contributed by atoms with E-state index >= 15 is 0 Å². The Morgan fingerprint density at radius 1 is 1.44 bits per heavy atom. The molecule has 18 heavy (non-hydrogen) atoms. The molecule has 0 saturated carbocycles. The van der Waals surface area contributed by atoms with Gasteiger partial charge >= 0.3 is 6.09 Å². The number of carbonyl (C=O) groups is 1. The number of hydrogen-bond donors (Lipinski definition) is 2. The minimum atomic E-state index is -0.493. The molecule has 0 fully saturated rings. The lowest BCUT2D eigenvalue weighted by Crippen LogP contribution is -2.32. The number of nitrogens with one attached hydrogen (secondary N) is 2. The molecule has 1 aromatic rings. The van der Waals surface area contributed by atoms with Crippen LogP contribution in [0.2, 0.25) is 0 Å². The maximum atomic E-state index is 11.3. The molecule has 1 heterocycles. The van der Waals surface area contributed by atoms with Crippen LogP contribution in [0.3, 0.4) is 0 Å². The van der Waals surface area contributed by atoms with Gasteiger partial charge < -0.3 is 15.0 Å². The average Bonchev–Trinajstić information content (AvgIpc) is 2.24. The third kappa shape index (κ3) is 5.89. The number of carbonyl (C=O) groups excluding carboxylic acids is 1. The first kappa shape index (κ1) is 14.0. The molecule has 1 rings (SSSR count). The highest BCUT2D eigenvalue weighted by atomic mass is 16.6. The fourth-order valence-corrected chi connectivity index (χ4v) is 1.18. The highest BCUT2D eigenvalue weighted by molar-refractivity contribution is 5.68. The number of ether oxygens (including phenoxy) is 1. The van der Waals surface area contributed by atoms with Gasteiger partial charge in [-0.05, 0) is 32.4 Å². The molecule has 0 saturated heterocycles. The number of rotatable bonds is 3. The zero-order valence-corrected chi connectivity index (χ0v) is 10.8. The standard InChI is InChI=1S/C13H18N2O3/c1-13(2,3)18-12(17)14-8-4-5-10-6-7-11(16)15-9-10/h4-7,9H,8H2,1-3H3,(H,14,17)(H,15,16). The van der Waals surface area contributed by atoms with Gasteiger partial charge in [-0.15, -0.1) is 0 Å². The molecule has 0 aliphatic heterocycles.